The highest BCUT2D eigenvalue weighted by atomic mass is 16.5. The Hall–Kier alpha value is -3.54. The van der Waals surface area contributed by atoms with E-state index in [0.29, 0.717) is 19.3 Å². The molecular weight excluding hydrogens is 486 g/mol. The maximum Gasteiger partial charge on any atom is 0.408 e. The number of ether oxygens (including phenoxy) is 2. The first kappa shape index (κ1) is 32.5. The highest BCUT2D eigenvalue weighted by molar-refractivity contribution is 5.92. The molecule has 1 aromatic rings. The first-order valence-corrected chi connectivity index (χ1v) is 13.1. The molecule has 0 aliphatic carbocycles. The lowest BCUT2D eigenvalue weighted by atomic mass is 9.99. The summed E-state index contributed by atoms with van der Waals surface area (Å²) in [6, 6.07) is 6.90. The van der Waals surface area contributed by atoms with Crippen LogP contribution in [-0.4, -0.2) is 49.1 Å². The van der Waals surface area contributed by atoms with Crippen molar-refractivity contribution in [3.05, 3.63) is 35.9 Å². The predicted octanol–water partition coefficient (Wildman–Crippen LogP) is 3.57. The molecule has 1 aromatic carbocycles. The number of esters is 1. The number of carbonyl (C=O) groups is 4. The quantitative estimate of drug-likeness (QED) is 0.204. The Balaban J connectivity index is 2.96. The Morgan fingerprint density at radius 1 is 0.763 bits per heavy atom. The van der Waals surface area contributed by atoms with Crippen LogP contribution in [0.15, 0.2) is 30.3 Å². The summed E-state index contributed by atoms with van der Waals surface area (Å²) in [6.45, 7) is 11.8. The van der Waals surface area contributed by atoms with Crippen LogP contribution in [0.3, 0.4) is 0 Å². The number of alkyl carbamates (subject to hydrolysis) is 1. The molecule has 38 heavy (non-hydrogen) atoms. The Morgan fingerprint density at radius 3 is 1.82 bits per heavy atom. The Morgan fingerprint density at radius 2 is 1.29 bits per heavy atom. The van der Waals surface area contributed by atoms with E-state index in [-0.39, 0.29) is 24.4 Å². The maximum absolute atomic E-state index is 13.3. The van der Waals surface area contributed by atoms with E-state index in [9.17, 15) is 19.2 Å². The van der Waals surface area contributed by atoms with E-state index in [2.05, 4.69) is 32.5 Å². The van der Waals surface area contributed by atoms with Crippen molar-refractivity contribution in [2.24, 2.45) is 17.8 Å². The van der Waals surface area contributed by atoms with Crippen LogP contribution in [0.5, 0.6) is 0 Å². The summed E-state index contributed by atoms with van der Waals surface area (Å²) in [5.74, 6) is 3.95. The summed E-state index contributed by atoms with van der Waals surface area (Å²) in [6.07, 6.45) is 0.546. The highest BCUT2D eigenvalue weighted by Crippen LogP contribution is 2.11. The minimum absolute atomic E-state index is 0.0743. The van der Waals surface area contributed by atoms with Gasteiger partial charge in [0, 0.05) is 5.92 Å². The normalized spacial score (nSPS) is 13.1. The lowest BCUT2D eigenvalue weighted by molar-refractivity contribution is -0.133. The molecule has 0 bridgehead atoms. The van der Waals surface area contributed by atoms with Gasteiger partial charge in [-0.25, -0.2) is 9.59 Å². The van der Waals surface area contributed by atoms with Gasteiger partial charge in [-0.2, -0.15) is 0 Å². The lowest BCUT2D eigenvalue weighted by Crippen LogP contribution is -2.55. The molecule has 3 N–H and O–H groups in total. The van der Waals surface area contributed by atoms with Crippen molar-refractivity contribution in [3.63, 3.8) is 0 Å². The fourth-order valence-corrected chi connectivity index (χ4v) is 3.68. The van der Waals surface area contributed by atoms with Gasteiger partial charge in [-0.15, -0.1) is 0 Å². The molecule has 9 nitrogen and oxygen atoms in total. The fourth-order valence-electron chi connectivity index (χ4n) is 3.68. The van der Waals surface area contributed by atoms with Crippen LogP contribution in [0.2, 0.25) is 0 Å². The molecule has 9 heteroatoms. The van der Waals surface area contributed by atoms with Crippen molar-refractivity contribution < 1.29 is 28.7 Å². The van der Waals surface area contributed by atoms with Gasteiger partial charge in [-0.05, 0) is 42.6 Å². The Kier molecular flexibility index (Phi) is 14.6. The summed E-state index contributed by atoms with van der Waals surface area (Å²) in [5, 5.41) is 8.30. The second-order valence-electron chi connectivity index (χ2n) is 10.5. The van der Waals surface area contributed by atoms with E-state index in [1.165, 1.54) is 7.11 Å². The van der Waals surface area contributed by atoms with Crippen LogP contribution in [0.1, 0.15) is 66.4 Å². The fraction of sp³-hybridized carbons (Fsp3) is 0.586. The van der Waals surface area contributed by atoms with Crippen LogP contribution in [0, 0.1) is 29.6 Å². The molecular formula is C29H43N3O6. The molecule has 210 valence electrons. The first-order valence-electron chi connectivity index (χ1n) is 13.1. The van der Waals surface area contributed by atoms with E-state index in [1.807, 2.05) is 71.9 Å². The van der Waals surface area contributed by atoms with E-state index in [0.717, 1.165) is 5.56 Å². The Bertz CT molecular complexity index is 966. The second-order valence-corrected chi connectivity index (χ2v) is 10.5. The second kappa shape index (κ2) is 17.1. The maximum atomic E-state index is 13.3. The van der Waals surface area contributed by atoms with Crippen LogP contribution in [-0.2, 0) is 30.5 Å². The van der Waals surface area contributed by atoms with Crippen molar-refractivity contribution >= 4 is 23.9 Å². The minimum Gasteiger partial charge on any atom is -0.459 e. The molecule has 1 unspecified atom stereocenters. The number of hydrogen-bond acceptors (Lipinski definition) is 6. The van der Waals surface area contributed by atoms with Crippen LogP contribution < -0.4 is 16.0 Å². The third kappa shape index (κ3) is 13.7. The summed E-state index contributed by atoms with van der Waals surface area (Å²) < 4.78 is 9.86. The number of methoxy groups -OCH3 is 1. The van der Waals surface area contributed by atoms with Crippen LogP contribution in [0.4, 0.5) is 4.79 Å². The smallest absolute Gasteiger partial charge is 0.408 e. The molecule has 0 fully saturated rings. The predicted molar refractivity (Wildman–Crippen MR) is 146 cm³/mol. The van der Waals surface area contributed by atoms with Gasteiger partial charge in [0.25, 0.3) is 0 Å². The van der Waals surface area contributed by atoms with Gasteiger partial charge in [0.2, 0.25) is 11.8 Å². The number of benzene rings is 1. The Labute approximate surface area is 226 Å². The molecule has 0 saturated carbocycles. The van der Waals surface area contributed by atoms with Gasteiger partial charge in [-0.1, -0.05) is 77.8 Å². The number of nitrogens with one attached hydrogen (secondary N) is 3. The molecule has 1 rings (SSSR count). The summed E-state index contributed by atoms with van der Waals surface area (Å²) >= 11 is 0. The monoisotopic (exact) mass is 529 g/mol. The van der Waals surface area contributed by atoms with Crippen LogP contribution in [0.25, 0.3) is 0 Å². The van der Waals surface area contributed by atoms with Gasteiger partial charge >= 0.3 is 12.1 Å². The molecule has 0 saturated heterocycles. The van der Waals surface area contributed by atoms with E-state index < -0.39 is 42.0 Å². The molecule has 0 spiro atoms. The standard InChI is InChI=1S/C29H43N3O6/c1-19(2)15-23(13-14-26(33)37-7)30-27(34)24(16-20(3)4)31-28(35)25(17-21(5)6)32-29(36)38-18-22-11-9-8-10-12-22/h8-12,19-21,23-25H,15-18H2,1-7H3,(H,30,34)(H,31,35)(H,32,36)/t23?,24-,25-/m0/s1. The van der Waals surface area contributed by atoms with Crippen molar-refractivity contribution in [1.82, 2.24) is 16.0 Å². The zero-order chi connectivity index (χ0) is 28.7. The first-order chi connectivity index (χ1) is 17.9. The SMILES string of the molecule is COC(=O)C#CC(CC(C)C)NC(=O)[C@H](CC(C)C)NC(=O)[C@H](CC(C)C)NC(=O)OCc1ccccc1. The summed E-state index contributed by atoms with van der Waals surface area (Å²) in [7, 11) is 1.24. The molecule has 3 atom stereocenters. The van der Waals surface area contributed by atoms with E-state index >= 15 is 0 Å². The molecule has 0 aromatic heterocycles. The average molecular weight is 530 g/mol. The largest absolute Gasteiger partial charge is 0.459 e. The number of carbonyl (C=O) groups excluding carboxylic acids is 4. The van der Waals surface area contributed by atoms with E-state index in [4.69, 9.17) is 4.74 Å². The number of hydrogen-bond donors (Lipinski definition) is 3. The third-order valence-electron chi connectivity index (χ3n) is 5.43. The van der Waals surface area contributed by atoms with Crippen molar-refractivity contribution in [2.75, 3.05) is 7.11 Å². The van der Waals surface area contributed by atoms with Gasteiger partial charge in [-0.3, -0.25) is 9.59 Å². The number of amides is 3. The zero-order valence-corrected chi connectivity index (χ0v) is 23.6. The van der Waals surface area contributed by atoms with Gasteiger partial charge < -0.3 is 25.4 Å². The highest BCUT2D eigenvalue weighted by Gasteiger charge is 2.29. The topological polar surface area (TPSA) is 123 Å². The van der Waals surface area contributed by atoms with Gasteiger partial charge in [0.05, 0.1) is 13.2 Å². The van der Waals surface area contributed by atoms with Gasteiger partial charge in [0.1, 0.15) is 18.7 Å². The lowest BCUT2D eigenvalue weighted by Gasteiger charge is -2.26. The molecule has 0 radical (unpaired) electrons. The third-order valence-corrected chi connectivity index (χ3v) is 5.43. The van der Waals surface area contributed by atoms with E-state index in [1.54, 1.807) is 0 Å². The average Bonchev–Trinajstić information content (AvgIpc) is 2.84. The van der Waals surface area contributed by atoms with Crippen LogP contribution >= 0.6 is 0 Å². The molecule has 0 aliphatic rings. The summed E-state index contributed by atoms with van der Waals surface area (Å²) in [4.78, 5) is 50.4. The minimum atomic E-state index is -0.883. The molecule has 3 amide bonds. The molecule has 0 heterocycles. The van der Waals surface area contributed by atoms with Crippen molar-refractivity contribution in [3.8, 4) is 11.8 Å². The van der Waals surface area contributed by atoms with Crippen molar-refractivity contribution in [1.29, 1.82) is 0 Å². The van der Waals surface area contributed by atoms with Gasteiger partial charge in [0.15, 0.2) is 0 Å². The summed E-state index contributed by atoms with van der Waals surface area (Å²) in [5.41, 5.74) is 0.826. The van der Waals surface area contributed by atoms with Crippen molar-refractivity contribution in [2.45, 2.75) is 85.5 Å². The number of rotatable bonds is 13. The zero-order valence-electron chi connectivity index (χ0n) is 23.6. The molecule has 0 aliphatic heterocycles.